The molecule has 1 unspecified atom stereocenters. The van der Waals surface area contributed by atoms with Crippen molar-refractivity contribution in [2.45, 2.75) is 39.6 Å². The number of rotatable bonds is 7. The molecule has 0 aliphatic heterocycles. The molecule has 18 heavy (non-hydrogen) atoms. The molecule has 0 saturated carbocycles. The van der Waals surface area contributed by atoms with Gasteiger partial charge in [-0.2, -0.15) is 0 Å². The van der Waals surface area contributed by atoms with Gasteiger partial charge in [-0.25, -0.2) is 4.79 Å². The van der Waals surface area contributed by atoms with Crippen molar-refractivity contribution in [2.24, 2.45) is 0 Å². The van der Waals surface area contributed by atoms with Crippen LogP contribution in [0.3, 0.4) is 0 Å². The Morgan fingerprint density at radius 2 is 2.00 bits per heavy atom. The van der Waals surface area contributed by atoms with Crippen LogP contribution in [0.25, 0.3) is 0 Å². The number of benzene rings is 1. The highest BCUT2D eigenvalue weighted by atomic mass is 16.7. The second-order valence-electron chi connectivity index (χ2n) is 4.20. The molecular weight excluding hydrogens is 228 g/mol. The Morgan fingerprint density at radius 1 is 1.33 bits per heavy atom. The van der Waals surface area contributed by atoms with E-state index in [-0.39, 0.29) is 0 Å². The van der Waals surface area contributed by atoms with E-state index < -0.39 is 12.3 Å². The zero-order chi connectivity index (χ0) is 13.4. The van der Waals surface area contributed by atoms with Crippen LogP contribution >= 0.6 is 0 Å². The molecule has 3 heteroatoms. The Balaban J connectivity index is 2.47. The second-order valence-corrected chi connectivity index (χ2v) is 4.20. The Hall–Kier alpha value is -1.61. The highest BCUT2D eigenvalue weighted by molar-refractivity contribution is 5.86. The predicted molar refractivity (Wildman–Crippen MR) is 70.8 cm³/mol. The molecule has 0 fully saturated rings. The van der Waals surface area contributed by atoms with Crippen LogP contribution in [0.2, 0.25) is 0 Å². The van der Waals surface area contributed by atoms with Crippen LogP contribution in [0.5, 0.6) is 0 Å². The molecule has 1 atom stereocenters. The predicted octanol–water partition coefficient (Wildman–Crippen LogP) is 3.45. The fourth-order valence-electron chi connectivity index (χ4n) is 1.40. The molecule has 0 aromatic heterocycles. The summed E-state index contributed by atoms with van der Waals surface area (Å²) in [5, 5.41) is 0. The molecule has 0 heterocycles. The highest BCUT2D eigenvalue weighted by Crippen LogP contribution is 2.10. The molecule has 1 aromatic carbocycles. The lowest BCUT2D eigenvalue weighted by Crippen LogP contribution is -2.21. The maximum Gasteiger partial charge on any atom is 0.335 e. The fourth-order valence-corrected chi connectivity index (χ4v) is 1.40. The van der Waals surface area contributed by atoms with Gasteiger partial charge in [-0.1, -0.05) is 50.3 Å². The topological polar surface area (TPSA) is 35.5 Å². The number of carbonyl (C=O) groups is 1. The summed E-state index contributed by atoms with van der Waals surface area (Å²) < 4.78 is 10.8. The standard InChI is InChI=1S/C15H20O3/c1-4-8-14(18-15(16)12(2)3)17-11-13-9-6-5-7-10-13/h5-7,9-10,14H,2,4,8,11H2,1,3H3. The summed E-state index contributed by atoms with van der Waals surface area (Å²) in [5.74, 6) is -0.401. The minimum absolute atomic E-state index is 0.388. The smallest absolute Gasteiger partial charge is 0.335 e. The Labute approximate surface area is 108 Å². The largest absolute Gasteiger partial charge is 0.432 e. The quantitative estimate of drug-likeness (QED) is 0.421. The van der Waals surface area contributed by atoms with E-state index in [1.54, 1.807) is 6.92 Å². The number of carbonyl (C=O) groups excluding carboxylic acids is 1. The van der Waals surface area contributed by atoms with Crippen molar-refractivity contribution in [2.75, 3.05) is 0 Å². The first-order valence-electron chi connectivity index (χ1n) is 6.15. The third-order valence-corrected chi connectivity index (χ3v) is 2.39. The highest BCUT2D eigenvalue weighted by Gasteiger charge is 2.14. The summed E-state index contributed by atoms with van der Waals surface area (Å²) in [7, 11) is 0. The van der Waals surface area contributed by atoms with Gasteiger partial charge in [0, 0.05) is 12.0 Å². The lowest BCUT2D eigenvalue weighted by atomic mass is 10.2. The van der Waals surface area contributed by atoms with E-state index in [0.29, 0.717) is 18.6 Å². The average molecular weight is 248 g/mol. The number of ether oxygens (including phenoxy) is 2. The lowest BCUT2D eigenvalue weighted by molar-refractivity contribution is -0.178. The first-order valence-corrected chi connectivity index (χ1v) is 6.15. The van der Waals surface area contributed by atoms with Gasteiger partial charge < -0.3 is 9.47 Å². The molecular formula is C15H20O3. The van der Waals surface area contributed by atoms with E-state index in [1.165, 1.54) is 0 Å². The molecule has 0 bridgehead atoms. The number of hydrogen-bond donors (Lipinski definition) is 0. The maximum absolute atomic E-state index is 11.4. The number of hydrogen-bond acceptors (Lipinski definition) is 3. The Bertz CT molecular complexity index is 384. The molecule has 0 saturated heterocycles. The molecule has 0 radical (unpaired) electrons. The third-order valence-electron chi connectivity index (χ3n) is 2.39. The van der Waals surface area contributed by atoms with Gasteiger partial charge in [-0.15, -0.1) is 0 Å². The van der Waals surface area contributed by atoms with Crippen LogP contribution in [0, 0.1) is 0 Å². The van der Waals surface area contributed by atoms with Crippen molar-refractivity contribution in [3.05, 3.63) is 48.0 Å². The van der Waals surface area contributed by atoms with Crippen molar-refractivity contribution in [3.8, 4) is 0 Å². The van der Waals surface area contributed by atoms with Crippen molar-refractivity contribution in [1.82, 2.24) is 0 Å². The van der Waals surface area contributed by atoms with Crippen LogP contribution in [-0.4, -0.2) is 12.3 Å². The minimum atomic E-state index is -0.501. The van der Waals surface area contributed by atoms with Gasteiger partial charge in [-0.3, -0.25) is 0 Å². The van der Waals surface area contributed by atoms with Gasteiger partial charge >= 0.3 is 5.97 Å². The summed E-state index contributed by atoms with van der Waals surface area (Å²) in [6.07, 6.45) is 1.08. The third kappa shape index (κ3) is 5.15. The molecule has 98 valence electrons. The van der Waals surface area contributed by atoms with Gasteiger partial charge in [0.2, 0.25) is 6.29 Å². The van der Waals surface area contributed by atoms with Crippen LogP contribution < -0.4 is 0 Å². The summed E-state index contributed by atoms with van der Waals surface area (Å²) in [5.41, 5.74) is 1.45. The van der Waals surface area contributed by atoms with Crippen molar-refractivity contribution < 1.29 is 14.3 Å². The fraction of sp³-hybridized carbons (Fsp3) is 0.400. The molecule has 0 aliphatic rings. The van der Waals surface area contributed by atoms with E-state index in [0.717, 1.165) is 12.0 Å². The average Bonchev–Trinajstić information content (AvgIpc) is 2.37. The SMILES string of the molecule is C=C(C)C(=O)OC(CCC)OCc1ccccc1. The first kappa shape index (κ1) is 14.5. The van der Waals surface area contributed by atoms with Gasteiger partial charge in [0.25, 0.3) is 0 Å². The van der Waals surface area contributed by atoms with Crippen LogP contribution in [0.15, 0.2) is 42.5 Å². The van der Waals surface area contributed by atoms with Gasteiger partial charge in [0.1, 0.15) is 0 Å². The summed E-state index contributed by atoms with van der Waals surface area (Å²) in [4.78, 5) is 11.4. The van der Waals surface area contributed by atoms with E-state index in [9.17, 15) is 4.79 Å². The van der Waals surface area contributed by atoms with Crippen molar-refractivity contribution in [3.63, 3.8) is 0 Å². The van der Waals surface area contributed by atoms with Crippen molar-refractivity contribution >= 4 is 5.97 Å². The van der Waals surface area contributed by atoms with Crippen LogP contribution in [0.1, 0.15) is 32.3 Å². The second kappa shape index (κ2) is 7.67. The maximum atomic E-state index is 11.4. The molecule has 0 amide bonds. The monoisotopic (exact) mass is 248 g/mol. The van der Waals surface area contributed by atoms with Gasteiger partial charge in [-0.05, 0) is 12.5 Å². The molecule has 0 N–H and O–H groups in total. The van der Waals surface area contributed by atoms with Crippen LogP contribution in [-0.2, 0) is 20.9 Å². The van der Waals surface area contributed by atoms with E-state index in [1.807, 2.05) is 37.3 Å². The van der Waals surface area contributed by atoms with Gasteiger partial charge in [0.15, 0.2) is 0 Å². The zero-order valence-electron chi connectivity index (χ0n) is 11.0. The molecule has 1 aromatic rings. The molecule has 0 spiro atoms. The molecule has 1 rings (SSSR count). The summed E-state index contributed by atoms with van der Waals surface area (Å²) in [6.45, 7) is 7.64. The summed E-state index contributed by atoms with van der Waals surface area (Å²) >= 11 is 0. The van der Waals surface area contributed by atoms with E-state index in [4.69, 9.17) is 9.47 Å². The van der Waals surface area contributed by atoms with E-state index in [2.05, 4.69) is 6.58 Å². The van der Waals surface area contributed by atoms with Gasteiger partial charge in [0.05, 0.1) is 6.61 Å². The molecule has 0 aliphatic carbocycles. The Kier molecular flexibility index (Phi) is 6.15. The minimum Gasteiger partial charge on any atom is -0.432 e. The first-order chi connectivity index (χ1) is 8.63. The van der Waals surface area contributed by atoms with Crippen LogP contribution in [0.4, 0.5) is 0 Å². The lowest BCUT2D eigenvalue weighted by Gasteiger charge is -2.18. The molecule has 3 nitrogen and oxygen atoms in total. The Morgan fingerprint density at radius 3 is 2.56 bits per heavy atom. The van der Waals surface area contributed by atoms with E-state index >= 15 is 0 Å². The zero-order valence-corrected chi connectivity index (χ0v) is 11.0. The number of esters is 1. The summed E-state index contributed by atoms with van der Waals surface area (Å²) in [6, 6.07) is 9.81. The normalized spacial score (nSPS) is 11.9. The van der Waals surface area contributed by atoms with Crippen molar-refractivity contribution in [1.29, 1.82) is 0 Å².